The van der Waals surface area contributed by atoms with Crippen molar-refractivity contribution in [1.29, 1.82) is 0 Å². The zero-order valence-electron chi connectivity index (χ0n) is 10.8. The number of nitrogens with zero attached hydrogens (tertiary/aromatic N) is 1. The van der Waals surface area contributed by atoms with Crippen molar-refractivity contribution in [2.24, 2.45) is 5.92 Å². The molecule has 2 rings (SSSR count). The number of carbonyl (C=O) groups is 1. The molecule has 1 unspecified atom stereocenters. The number of carbonyl (C=O) groups excluding carboxylic acids is 1. The molecule has 0 aliphatic carbocycles. The van der Waals surface area contributed by atoms with Gasteiger partial charge in [0.15, 0.2) is 0 Å². The number of hydrogen-bond acceptors (Lipinski definition) is 3. The predicted molar refractivity (Wildman–Crippen MR) is 69.9 cm³/mol. The van der Waals surface area contributed by atoms with Gasteiger partial charge in [-0.1, -0.05) is 13.0 Å². The second-order valence-electron chi connectivity index (χ2n) is 4.65. The molecule has 1 aliphatic rings. The molecule has 1 atom stereocenters. The molecule has 0 aromatic heterocycles. The molecule has 0 saturated heterocycles. The van der Waals surface area contributed by atoms with E-state index in [4.69, 9.17) is 9.84 Å². The maximum atomic E-state index is 12.3. The number of aliphatic hydroxyl groups excluding tert-OH is 1. The van der Waals surface area contributed by atoms with Crippen molar-refractivity contribution in [3.05, 3.63) is 23.8 Å². The van der Waals surface area contributed by atoms with Crippen molar-refractivity contribution in [1.82, 2.24) is 0 Å². The average molecular weight is 249 g/mol. The standard InChI is InChI=1S/C14H19NO3/c1-10-3-4-11-5-6-12(18-2)9-13(11)15(7-8-16)14(10)17/h5-6,9-10,16H,3-4,7-8H2,1-2H3. The van der Waals surface area contributed by atoms with E-state index in [1.165, 1.54) is 0 Å². The van der Waals surface area contributed by atoms with E-state index in [1.54, 1.807) is 12.0 Å². The summed E-state index contributed by atoms with van der Waals surface area (Å²) in [6.07, 6.45) is 1.73. The lowest BCUT2D eigenvalue weighted by atomic mass is 10.0. The Labute approximate surface area is 107 Å². The lowest BCUT2D eigenvalue weighted by Crippen LogP contribution is -2.36. The smallest absolute Gasteiger partial charge is 0.229 e. The summed E-state index contributed by atoms with van der Waals surface area (Å²) in [5.74, 6) is 0.810. The largest absolute Gasteiger partial charge is 0.497 e. The number of benzene rings is 1. The SMILES string of the molecule is COc1ccc2c(c1)N(CCO)C(=O)C(C)CC2. The molecule has 0 spiro atoms. The lowest BCUT2D eigenvalue weighted by Gasteiger charge is -2.24. The van der Waals surface area contributed by atoms with Crippen molar-refractivity contribution in [3.63, 3.8) is 0 Å². The third kappa shape index (κ3) is 2.34. The third-order valence-corrected chi connectivity index (χ3v) is 3.44. The van der Waals surface area contributed by atoms with Crippen LogP contribution in [0.5, 0.6) is 5.75 Å². The maximum absolute atomic E-state index is 12.3. The Morgan fingerprint density at radius 2 is 2.28 bits per heavy atom. The zero-order chi connectivity index (χ0) is 13.1. The van der Waals surface area contributed by atoms with Gasteiger partial charge >= 0.3 is 0 Å². The summed E-state index contributed by atoms with van der Waals surface area (Å²) in [7, 11) is 1.61. The molecule has 1 aromatic rings. The lowest BCUT2D eigenvalue weighted by molar-refractivity contribution is -0.122. The number of fused-ring (bicyclic) bond motifs is 1. The van der Waals surface area contributed by atoms with E-state index in [-0.39, 0.29) is 18.4 Å². The van der Waals surface area contributed by atoms with Gasteiger partial charge in [0.2, 0.25) is 5.91 Å². The number of rotatable bonds is 3. The monoisotopic (exact) mass is 249 g/mol. The van der Waals surface area contributed by atoms with Crippen LogP contribution in [0.2, 0.25) is 0 Å². The van der Waals surface area contributed by atoms with Gasteiger partial charge in [-0.3, -0.25) is 4.79 Å². The van der Waals surface area contributed by atoms with Crippen molar-refractivity contribution in [2.75, 3.05) is 25.2 Å². The fraction of sp³-hybridized carbons (Fsp3) is 0.500. The highest BCUT2D eigenvalue weighted by molar-refractivity contribution is 5.96. The first kappa shape index (κ1) is 12.9. The van der Waals surface area contributed by atoms with Crippen LogP contribution in [0, 0.1) is 5.92 Å². The van der Waals surface area contributed by atoms with Gasteiger partial charge in [0, 0.05) is 18.5 Å². The van der Waals surface area contributed by atoms with Gasteiger partial charge in [0.1, 0.15) is 5.75 Å². The number of methoxy groups -OCH3 is 1. The van der Waals surface area contributed by atoms with E-state index < -0.39 is 0 Å². The van der Waals surface area contributed by atoms with E-state index >= 15 is 0 Å². The van der Waals surface area contributed by atoms with Gasteiger partial charge in [0.25, 0.3) is 0 Å². The first-order valence-electron chi connectivity index (χ1n) is 6.26. The van der Waals surface area contributed by atoms with Crippen molar-refractivity contribution >= 4 is 11.6 Å². The first-order chi connectivity index (χ1) is 8.67. The van der Waals surface area contributed by atoms with Crippen molar-refractivity contribution in [2.45, 2.75) is 19.8 Å². The van der Waals surface area contributed by atoms with Crippen molar-refractivity contribution in [3.8, 4) is 5.75 Å². The summed E-state index contributed by atoms with van der Waals surface area (Å²) in [6.45, 7) is 2.24. The van der Waals surface area contributed by atoms with Crippen LogP contribution in [0.15, 0.2) is 18.2 Å². The minimum atomic E-state index is -0.0326. The number of β-amino-alcohol motifs (C(OH)–C–C–N with tert-alkyl or cyclic N) is 1. The van der Waals surface area contributed by atoms with Crippen LogP contribution in [0.4, 0.5) is 5.69 Å². The molecule has 0 radical (unpaired) electrons. The highest BCUT2D eigenvalue weighted by Gasteiger charge is 2.27. The normalized spacial score (nSPS) is 19.4. The summed E-state index contributed by atoms with van der Waals surface area (Å²) in [6, 6.07) is 5.79. The highest BCUT2D eigenvalue weighted by Crippen LogP contribution is 2.32. The average Bonchev–Trinajstić information content (AvgIpc) is 2.51. The van der Waals surface area contributed by atoms with Crippen molar-refractivity contribution < 1.29 is 14.6 Å². The molecule has 18 heavy (non-hydrogen) atoms. The first-order valence-corrected chi connectivity index (χ1v) is 6.26. The Balaban J connectivity index is 2.45. The molecular weight excluding hydrogens is 230 g/mol. The quantitative estimate of drug-likeness (QED) is 0.885. The molecule has 1 heterocycles. The molecule has 1 aromatic carbocycles. The molecule has 4 nitrogen and oxygen atoms in total. The van der Waals surface area contributed by atoms with Crippen LogP contribution in [-0.2, 0) is 11.2 Å². The van der Waals surface area contributed by atoms with Crippen LogP contribution in [-0.4, -0.2) is 31.3 Å². The molecule has 1 aliphatic heterocycles. The Morgan fingerprint density at radius 1 is 1.50 bits per heavy atom. The van der Waals surface area contributed by atoms with E-state index in [2.05, 4.69) is 0 Å². The topological polar surface area (TPSA) is 49.8 Å². The number of amides is 1. The van der Waals surface area contributed by atoms with Gasteiger partial charge < -0.3 is 14.7 Å². The summed E-state index contributed by atoms with van der Waals surface area (Å²) >= 11 is 0. The van der Waals surface area contributed by atoms with Crippen LogP contribution >= 0.6 is 0 Å². The molecule has 4 heteroatoms. The molecule has 0 fully saturated rings. The van der Waals surface area contributed by atoms with Crippen LogP contribution in [0.3, 0.4) is 0 Å². The van der Waals surface area contributed by atoms with E-state index in [9.17, 15) is 4.79 Å². The summed E-state index contributed by atoms with van der Waals surface area (Å²) in [4.78, 5) is 13.9. The maximum Gasteiger partial charge on any atom is 0.229 e. The number of aliphatic hydroxyl groups is 1. The van der Waals surface area contributed by atoms with Gasteiger partial charge in [-0.2, -0.15) is 0 Å². The Morgan fingerprint density at radius 3 is 2.94 bits per heavy atom. The molecular formula is C14H19NO3. The van der Waals surface area contributed by atoms with E-state index in [0.29, 0.717) is 6.54 Å². The molecule has 0 saturated carbocycles. The second kappa shape index (κ2) is 5.40. The summed E-state index contributed by atoms with van der Waals surface area (Å²) in [5, 5.41) is 9.14. The van der Waals surface area contributed by atoms with E-state index in [1.807, 2.05) is 25.1 Å². The third-order valence-electron chi connectivity index (χ3n) is 3.44. The number of aryl methyl sites for hydroxylation is 1. The minimum absolute atomic E-state index is 0.00468. The van der Waals surface area contributed by atoms with Crippen LogP contribution in [0.1, 0.15) is 18.9 Å². The van der Waals surface area contributed by atoms with Gasteiger partial charge in [-0.15, -0.1) is 0 Å². The van der Waals surface area contributed by atoms with E-state index in [0.717, 1.165) is 29.8 Å². The van der Waals surface area contributed by atoms with Gasteiger partial charge in [-0.05, 0) is 24.5 Å². The Bertz CT molecular complexity index is 445. The van der Waals surface area contributed by atoms with Crippen LogP contribution in [0.25, 0.3) is 0 Å². The Kier molecular flexibility index (Phi) is 3.87. The molecule has 0 bridgehead atoms. The molecule has 1 amide bonds. The number of anilines is 1. The fourth-order valence-electron chi connectivity index (χ4n) is 2.34. The predicted octanol–water partition coefficient (Wildman–Crippen LogP) is 1.60. The molecule has 1 N–H and O–H groups in total. The molecule has 98 valence electrons. The zero-order valence-corrected chi connectivity index (χ0v) is 10.8. The van der Waals surface area contributed by atoms with Crippen LogP contribution < -0.4 is 9.64 Å². The minimum Gasteiger partial charge on any atom is -0.497 e. The summed E-state index contributed by atoms with van der Waals surface area (Å²) < 4.78 is 5.21. The Hall–Kier alpha value is -1.55. The second-order valence-corrected chi connectivity index (χ2v) is 4.65. The number of ether oxygens (including phenoxy) is 1. The fourth-order valence-corrected chi connectivity index (χ4v) is 2.34. The van der Waals surface area contributed by atoms with Gasteiger partial charge in [-0.25, -0.2) is 0 Å². The summed E-state index contributed by atoms with van der Waals surface area (Å²) in [5.41, 5.74) is 2.01. The highest BCUT2D eigenvalue weighted by atomic mass is 16.5. The van der Waals surface area contributed by atoms with Gasteiger partial charge in [0.05, 0.1) is 19.4 Å². The number of hydrogen-bond donors (Lipinski definition) is 1.